The number of hydrogen-bond donors (Lipinski definition) is 1. The predicted molar refractivity (Wildman–Crippen MR) is 93.3 cm³/mol. The molecule has 3 rings (SSSR count). The molecule has 24 heavy (non-hydrogen) atoms. The minimum atomic E-state index is -1.28. The van der Waals surface area contributed by atoms with Crippen molar-refractivity contribution in [1.82, 2.24) is 14.9 Å². The van der Waals surface area contributed by atoms with Crippen molar-refractivity contribution < 1.29 is 13.7 Å². The van der Waals surface area contributed by atoms with Crippen LogP contribution in [0.2, 0.25) is 0 Å². The highest BCUT2D eigenvalue weighted by molar-refractivity contribution is 7.85. The third-order valence-electron chi connectivity index (χ3n) is 3.89. The molecule has 1 amide bonds. The second kappa shape index (κ2) is 6.55. The number of carbonyl (C=O) groups is 1. The van der Waals surface area contributed by atoms with Crippen LogP contribution in [0.5, 0.6) is 0 Å². The summed E-state index contributed by atoms with van der Waals surface area (Å²) in [7, 11) is -1.28. The largest absolute Gasteiger partial charge is 0.444 e. The monoisotopic (exact) mass is 349 g/mol. The van der Waals surface area contributed by atoms with Gasteiger partial charge in [-0.1, -0.05) is 12.1 Å². The van der Waals surface area contributed by atoms with E-state index in [1.54, 1.807) is 4.90 Å². The fraction of sp³-hybridized carbons (Fsp3) is 0.529. The Hall–Kier alpha value is -1.89. The van der Waals surface area contributed by atoms with Gasteiger partial charge < -0.3 is 14.6 Å². The Kier molecular flexibility index (Phi) is 4.62. The fourth-order valence-electron chi connectivity index (χ4n) is 2.79. The molecule has 7 heteroatoms. The fourth-order valence-corrected chi connectivity index (χ4v) is 4.20. The zero-order valence-corrected chi connectivity index (χ0v) is 15.1. The molecule has 130 valence electrons. The van der Waals surface area contributed by atoms with Crippen LogP contribution >= 0.6 is 0 Å². The van der Waals surface area contributed by atoms with Crippen molar-refractivity contribution in [3.63, 3.8) is 0 Å². The molecule has 0 spiro atoms. The molecular weight excluding hydrogens is 326 g/mol. The lowest BCUT2D eigenvalue weighted by atomic mass is 10.1. The Morgan fingerprint density at radius 3 is 2.83 bits per heavy atom. The number of likely N-dealkylation sites (tertiary alicyclic amines) is 1. The van der Waals surface area contributed by atoms with Crippen LogP contribution in [0.3, 0.4) is 0 Å². The average molecular weight is 349 g/mol. The number of benzene rings is 1. The van der Waals surface area contributed by atoms with Crippen molar-refractivity contribution in [2.45, 2.75) is 49.6 Å². The first-order valence-electron chi connectivity index (χ1n) is 8.17. The van der Waals surface area contributed by atoms with E-state index in [4.69, 9.17) is 4.74 Å². The number of imidazole rings is 1. The number of nitrogens with one attached hydrogen (secondary N) is 1. The van der Waals surface area contributed by atoms with Gasteiger partial charge in [-0.2, -0.15) is 0 Å². The summed E-state index contributed by atoms with van der Waals surface area (Å²) in [4.78, 5) is 21.4. The number of ether oxygens (including phenoxy) is 1. The maximum atomic E-state index is 12.9. The Balaban J connectivity index is 1.72. The molecule has 2 aromatic rings. The Morgan fingerprint density at radius 1 is 1.38 bits per heavy atom. The smallest absolute Gasteiger partial charge is 0.410 e. The summed E-state index contributed by atoms with van der Waals surface area (Å²) in [6.07, 6.45) is 1.28. The van der Waals surface area contributed by atoms with Gasteiger partial charge in [-0.3, -0.25) is 4.21 Å². The maximum Gasteiger partial charge on any atom is 0.410 e. The molecule has 0 bridgehead atoms. The number of fused-ring (bicyclic) bond motifs is 1. The number of H-pyrrole nitrogens is 1. The van der Waals surface area contributed by atoms with Gasteiger partial charge in [0.05, 0.1) is 27.1 Å². The molecule has 0 aliphatic carbocycles. The van der Waals surface area contributed by atoms with Crippen LogP contribution < -0.4 is 0 Å². The number of aromatic nitrogens is 2. The normalized spacial score (nSPS) is 20.1. The molecular formula is C17H23N3O3S. The lowest BCUT2D eigenvalue weighted by Gasteiger charge is -2.33. The number of hydrogen-bond acceptors (Lipinski definition) is 4. The molecule has 6 nitrogen and oxygen atoms in total. The second-order valence-corrected chi connectivity index (χ2v) is 8.70. The van der Waals surface area contributed by atoms with Crippen molar-refractivity contribution in [3.05, 3.63) is 24.3 Å². The number of piperidine rings is 1. The first-order chi connectivity index (χ1) is 11.3. The number of para-hydroxylation sites is 2. The summed E-state index contributed by atoms with van der Waals surface area (Å²) >= 11 is 0. The van der Waals surface area contributed by atoms with Gasteiger partial charge in [0.2, 0.25) is 0 Å². The van der Waals surface area contributed by atoms with Gasteiger partial charge in [-0.25, -0.2) is 9.78 Å². The van der Waals surface area contributed by atoms with Crippen LogP contribution in [-0.4, -0.2) is 49.1 Å². The van der Waals surface area contributed by atoms with Crippen LogP contribution in [0, 0.1) is 0 Å². The quantitative estimate of drug-likeness (QED) is 0.904. The van der Waals surface area contributed by atoms with Crippen molar-refractivity contribution in [2.24, 2.45) is 0 Å². The second-order valence-electron chi connectivity index (χ2n) is 7.05. The molecule has 1 aliphatic heterocycles. The number of aromatic amines is 1. The molecule has 0 unspecified atom stereocenters. The van der Waals surface area contributed by atoms with Crippen LogP contribution in [-0.2, 0) is 15.5 Å². The molecule has 1 aromatic carbocycles. The summed E-state index contributed by atoms with van der Waals surface area (Å²) in [6.45, 7) is 6.61. The van der Waals surface area contributed by atoms with Crippen LogP contribution in [0.25, 0.3) is 11.0 Å². The van der Waals surface area contributed by atoms with Gasteiger partial charge in [0, 0.05) is 13.1 Å². The molecule has 1 saturated heterocycles. The molecule has 0 radical (unpaired) electrons. The highest BCUT2D eigenvalue weighted by atomic mass is 32.2. The van der Waals surface area contributed by atoms with Gasteiger partial charge in [0.15, 0.2) is 5.16 Å². The van der Waals surface area contributed by atoms with E-state index < -0.39 is 16.4 Å². The van der Waals surface area contributed by atoms with E-state index in [9.17, 15) is 9.00 Å². The van der Waals surface area contributed by atoms with E-state index in [1.165, 1.54) is 0 Å². The first kappa shape index (κ1) is 17.0. The summed E-state index contributed by atoms with van der Waals surface area (Å²) in [5.74, 6) is 0. The number of nitrogens with zero attached hydrogens (tertiary/aromatic N) is 2. The highest BCUT2D eigenvalue weighted by Crippen LogP contribution is 2.22. The third-order valence-corrected chi connectivity index (χ3v) is 5.46. The standard InChI is InChI=1S/C17H23N3O3S/c1-17(2,3)23-16(21)20-10-6-7-12(11-20)24(22)15-18-13-8-4-5-9-14(13)19-15/h4-5,8-9,12H,6-7,10-11H2,1-3H3,(H,18,19)/t12-,24+/m0/s1. The SMILES string of the molecule is CC(C)(C)OC(=O)N1CCC[C@H]([S@@](=O)c2nc3ccccc3[nH]2)C1. The summed E-state index contributed by atoms with van der Waals surface area (Å²) in [6, 6.07) is 7.62. The molecule has 1 N–H and O–H groups in total. The number of carbonyl (C=O) groups excluding carboxylic acids is 1. The van der Waals surface area contributed by atoms with Gasteiger partial charge >= 0.3 is 6.09 Å². The Labute approximate surface area is 144 Å². The molecule has 2 atom stereocenters. The van der Waals surface area contributed by atoms with Gasteiger partial charge in [0.1, 0.15) is 5.60 Å². The van der Waals surface area contributed by atoms with Gasteiger partial charge in [-0.15, -0.1) is 0 Å². The molecule has 1 aliphatic rings. The summed E-state index contributed by atoms with van der Waals surface area (Å²) < 4.78 is 18.3. The van der Waals surface area contributed by atoms with Crippen LogP contribution in [0.15, 0.2) is 29.4 Å². The molecule has 0 saturated carbocycles. The van der Waals surface area contributed by atoms with E-state index in [0.29, 0.717) is 18.2 Å². The minimum Gasteiger partial charge on any atom is -0.444 e. The molecule has 2 heterocycles. The summed E-state index contributed by atoms with van der Waals surface area (Å²) in [5.41, 5.74) is 1.16. The molecule has 1 aromatic heterocycles. The van der Waals surface area contributed by atoms with E-state index in [1.807, 2.05) is 45.0 Å². The van der Waals surface area contributed by atoms with Gasteiger partial charge in [-0.05, 0) is 45.7 Å². The average Bonchev–Trinajstić information content (AvgIpc) is 2.96. The number of amides is 1. The lowest BCUT2D eigenvalue weighted by molar-refractivity contribution is 0.0219. The zero-order chi connectivity index (χ0) is 17.3. The van der Waals surface area contributed by atoms with E-state index in [-0.39, 0.29) is 11.3 Å². The summed E-state index contributed by atoms with van der Waals surface area (Å²) in [5, 5.41) is 0.346. The first-order valence-corrected chi connectivity index (χ1v) is 9.38. The Morgan fingerprint density at radius 2 is 2.12 bits per heavy atom. The molecule has 1 fully saturated rings. The van der Waals surface area contributed by atoms with Crippen molar-refractivity contribution >= 4 is 27.9 Å². The van der Waals surface area contributed by atoms with Gasteiger partial charge in [0.25, 0.3) is 0 Å². The van der Waals surface area contributed by atoms with Crippen molar-refractivity contribution in [3.8, 4) is 0 Å². The zero-order valence-electron chi connectivity index (χ0n) is 14.2. The van der Waals surface area contributed by atoms with Crippen molar-refractivity contribution in [2.75, 3.05) is 13.1 Å². The van der Waals surface area contributed by atoms with E-state index in [2.05, 4.69) is 9.97 Å². The van der Waals surface area contributed by atoms with Crippen LogP contribution in [0.4, 0.5) is 4.79 Å². The third kappa shape index (κ3) is 3.77. The highest BCUT2D eigenvalue weighted by Gasteiger charge is 2.31. The van der Waals surface area contributed by atoms with E-state index in [0.717, 1.165) is 23.9 Å². The van der Waals surface area contributed by atoms with Crippen LogP contribution in [0.1, 0.15) is 33.6 Å². The van der Waals surface area contributed by atoms with Crippen molar-refractivity contribution in [1.29, 1.82) is 0 Å². The number of rotatable bonds is 2. The topological polar surface area (TPSA) is 75.3 Å². The lowest BCUT2D eigenvalue weighted by Crippen LogP contribution is -2.46. The van der Waals surface area contributed by atoms with E-state index >= 15 is 0 Å². The minimum absolute atomic E-state index is 0.133. The Bertz CT molecular complexity index is 733. The predicted octanol–water partition coefficient (Wildman–Crippen LogP) is 3.07. The maximum absolute atomic E-state index is 12.9.